The van der Waals surface area contributed by atoms with Crippen molar-refractivity contribution in [3.8, 4) is 11.6 Å². The zero-order valence-corrected chi connectivity index (χ0v) is 16.4. The quantitative estimate of drug-likeness (QED) is 0.330. The SMILES string of the molecule is COc1ccc2[nH]c(OC3O[C@H](C(=O)O)[C@@H](O)[C@H](O)[C@H]3O)c(CCNC(C)=O)c2c1. The number of carbonyl (C=O) groups is 2. The Bertz CT molecular complexity index is 928. The standard InChI is InChI=1S/C19H24N2O9/c1-8(22)20-6-5-10-11-7-9(28-2)3-4-12(11)21-17(10)30-19-15(25)13(23)14(24)16(29-19)18(26)27/h3-4,7,13-16,19,21,23-25H,5-6H2,1-2H3,(H,20,22)(H,26,27)/t13-,14-,15+,16-,19?/m0/s1. The van der Waals surface area contributed by atoms with Gasteiger partial charge in [-0.3, -0.25) is 4.79 Å². The van der Waals surface area contributed by atoms with Gasteiger partial charge in [0, 0.05) is 29.9 Å². The smallest absolute Gasteiger partial charge is 0.335 e. The summed E-state index contributed by atoms with van der Waals surface area (Å²) in [6, 6.07) is 5.24. The molecule has 0 saturated carbocycles. The third-order valence-electron chi connectivity index (χ3n) is 4.87. The number of amides is 1. The third-order valence-corrected chi connectivity index (χ3v) is 4.87. The van der Waals surface area contributed by atoms with Gasteiger partial charge in [0.05, 0.1) is 7.11 Å². The number of carboxylic acids is 1. The molecular weight excluding hydrogens is 400 g/mol. The lowest BCUT2D eigenvalue weighted by Crippen LogP contribution is -2.61. The summed E-state index contributed by atoms with van der Waals surface area (Å²) in [5, 5.41) is 42.7. The molecule has 0 radical (unpaired) electrons. The molecular formula is C19H24N2O9. The summed E-state index contributed by atoms with van der Waals surface area (Å²) in [5.41, 5.74) is 1.30. The number of aromatic nitrogens is 1. The predicted octanol–water partition coefficient (Wildman–Crippen LogP) is -0.874. The molecule has 1 fully saturated rings. The monoisotopic (exact) mass is 424 g/mol. The molecule has 1 unspecified atom stereocenters. The average molecular weight is 424 g/mol. The van der Waals surface area contributed by atoms with E-state index in [1.165, 1.54) is 14.0 Å². The number of aliphatic hydroxyl groups excluding tert-OH is 3. The van der Waals surface area contributed by atoms with E-state index in [2.05, 4.69) is 10.3 Å². The Labute approximate surface area is 171 Å². The van der Waals surface area contributed by atoms with Crippen LogP contribution in [0.3, 0.4) is 0 Å². The van der Waals surface area contributed by atoms with Crippen LogP contribution in [0.15, 0.2) is 18.2 Å². The normalized spacial score (nSPS) is 26.4. The topological polar surface area (TPSA) is 171 Å². The summed E-state index contributed by atoms with van der Waals surface area (Å²) in [7, 11) is 1.52. The van der Waals surface area contributed by atoms with Gasteiger partial charge in [0.25, 0.3) is 0 Å². The van der Waals surface area contributed by atoms with Gasteiger partial charge in [-0.25, -0.2) is 4.79 Å². The minimum Gasteiger partial charge on any atom is -0.497 e. The molecule has 1 amide bonds. The van der Waals surface area contributed by atoms with Crippen molar-refractivity contribution in [3.05, 3.63) is 23.8 Å². The molecule has 6 N–H and O–H groups in total. The van der Waals surface area contributed by atoms with E-state index >= 15 is 0 Å². The lowest BCUT2D eigenvalue weighted by atomic mass is 9.99. The summed E-state index contributed by atoms with van der Waals surface area (Å²) < 4.78 is 16.1. The van der Waals surface area contributed by atoms with Crippen LogP contribution >= 0.6 is 0 Å². The number of H-pyrrole nitrogens is 1. The fourth-order valence-electron chi connectivity index (χ4n) is 3.31. The van der Waals surface area contributed by atoms with Crippen molar-refractivity contribution >= 4 is 22.8 Å². The number of fused-ring (bicyclic) bond motifs is 1. The number of aliphatic carboxylic acids is 1. The summed E-state index contributed by atoms with van der Waals surface area (Å²) in [4.78, 5) is 25.5. The molecule has 0 bridgehead atoms. The fourth-order valence-corrected chi connectivity index (χ4v) is 3.31. The largest absolute Gasteiger partial charge is 0.497 e. The second-order valence-electron chi connectivity index (χ2n) is 6.93. The summed E-state index contributed by atoms with van der Waals surface area (Å²) in [6.07, 6.45) is -8.28. The van der Waals surface area contributed by atoms with Crippen LogP contribution in [0.1, 0.15) is 12.5 Å². The highest BCUT2D eigenvalue weighted by molar-refractivity contribution is 5.87. The van der Waals surface area contributed by atoms with E-state index in [0.717, 1.165) is 5.39 Å². The first-order valence-electron chi connectivity index (χ1n) is 9.25. The molecule has 30 heavy (non-hydrogen) atoms. The first-order valence-corrected chi connectivity index (χ1v) is 9.25. The van der Waals surface area contributed by atoms with Gasteiger partial charge >= 0.3 is 5.97 Å². The highest BCUT2D eigenvalue weighted by Gasteiger charge is 2.48. The van der Waals surface area contributed by atoms with Gasteiger partial charge in [-0.05, 0) is 24.6 Å². The van der Waals surface area contributed by atoms with Gasteiger partial charge < -0.3 is 44.9 Å². The predicted molar refractivity (Wildman–Crippen MR) is 102 cm³/mol. The van der Waals surface area contributed by atoms with Crippen molar-refractivity contribution in [2.45, 2.75) is 44.1 Å². The number of nitrogens with one attached hydrogen (secondary N) is 2. The first-order chi connectivity index (χ1) is 14.2. The minimum absolute atomic E-state index is 0.167. The summed E-state index contributed by atoms with van der Waals surface area (Å²) >= 11 is 0. The van der Waals surface area contributed by atoms with Crippen LogP contribution in [0.4, 0.5) is 0 Å². The second kappa shape index (κ2) is 8.88. The van der Waals surface area contributed by atoms with Crippen molar-refractivity contribution in [1.29, 1.82) is 0 Å². The van der Waals surface area contributed by atoms with E-state index in [1.807, 2.05) is 0 Å². The molecule has 3 rings (SSSR count). The molecule has 2 aromatic rings. The van der Waals surface area contributed by atoms with Gasteiger partial charge in [-0.2, -0.15) is 0 Å². The number of carboxylic acid groups (broad SMARTS) is 1. The van der Waals surface area contributed by atoms with E-state index in [-0.39, 0.29) is 11.8 Å². The van der Waals surface area contributed by atoms with Crippen LogP contribution in [-0.4, -0.2) is 81.6 Å². The van der Waals surface area contributed by atoms with Crippen molar-refractivity contribution < 1.29 is 44.2 Å². The molecule has 0 spiro atoms. The fraction of sp³-hybridized carbons (Fsp3) is 0.474. The number of aliphatic hydroxyl groups is 3. The van der Waals surface area contributed by atoms with Crippen LogP contribution < -0.4 is 14.8 Å². The van der Waals surface area contributed by atoms with Crippen molar-refractivity contribution in [2.75, 3.05) is 13.7 Å². The Morgan fingerprint density at radius 3 is 2.57 bits per heavy atom. The van der Waals surface area contributed by atoms with Crippen LogP contribution in [0.5, 0.6) is 11.6 Å². The maximum Gasteiger partial charge on any atom is 0.335 e. The zero-order chi connectivity index (χ0) is 22.0. The lowest BCUT2D eigenvalue weighted by Gasteiger charge is -2.38. The maximum absolute atomic E-state index is 11.3. The number of carbonyl (C=O) groups excluding carboxylic acids is 1. The van der Waals surface area contributed by atoms with Gasteiger partial charge in [-0.15, -0.1) is 0 Å². The Morgan fingerprint density at radius 1 is 1.20 bits per heavy atom. The van der Waals surface area contributed by atoms with E-state index in [0.29, 0.717) is 29.8 Å². The molecule has 2 heterocycles. The second-order valence-corrected chi connectivity index (χ2v) is 6.93. The van der Waals surface area contributed by atoms with Crippen LogP contribution in [0.2, 0.25) is 0 Å². The van der Waals surface area contributed by atoms with Gasteiger partial charge in [0.1, 0.15) is 24.1 Å². The summed E-state index contributed by atoms with van der Waals surface area (Å²) in [6.45, 7) is 1.68. The number of benzene rings is 1. The average Bonchev–Trinajstić information content (AvgIpc) is 3.04. The molecule has 1 aromatic carbocycles. The Kier molecular flexibility index (Phi) is 6.46. The zero-order valence-electron chi connectivity index (χ0n) is 16.4. The molecule has 1 aliphatic rings. The number of hydrogen-bond acceptors (Lipinski definition) is 8. The van der Waals surface area contributed by atoms with E-state index < -0.39 is 36.7 Å². The van der Waals surface area contributed by atoms with Gasteiger partial charge in [-0.1, -0.05) is 0 Å². The van der Waals surface area contributed by atoms with Crippen LogP contribution in [-0.2, 0) is 20.7 Å². The highest BCUT2D eigenvalue weighted by atomic mass is 16.7. The molecule has 164 valence electrons. The number of ether oxygens (including phenoxy) is 3. The number of aromatic amines is 1. The maximum atomic E-state index is 11.3. The number of hydrogen-bond donors (Lipinski definition) is 6. The molecule has 11 nitrogen and oxygen atoms in total. The number of methoxy groups -OCH3 is 1. The van der Waals surface area contributed by atoms with Gasteiger partial charge in [0.15, 0.2) is 12.0 Å². The third kappa shape index (κ3) is 4.33. The van der Waals surface area contributed by atoms with Crippen molar-refractivity contribution in [3.63, 3.8) is 0 Å². The molecule has 1 aromatic heterocycles. The summed E-state index contributed by atoms with van der Waals surface area (Å²) in [5.74, 6) is -0.954. The van der Waals surface area contributed by atoms with E-state index in [1.54, 1.807) is 18.2 Å². The molecule has 11 heteroatoms. The number of rotatable bonds is 7. The Balaban J connectivity index is 1.93. The van der Waals surface area contributed by atoms with Crippen molar-refractivity contribution in [2.24, 2.45) is 0 Å². The van der Waals surface area contributed by atoms with Crippen LogP contribution in [0, 0.1) is 0 Å². The van der Waals surface area contributed by atoms with E-state index in [4.69, 9.17) is 14.2 Å². The molecule has 1 aliphatic heterocycles. The Hall–Kier alpha value is -2.86. The van der Waals surface area contributed by atoms with E-state index in [9.17, 15) is 30.0 Å². The Morgan fingerprint density at radius 2 is 1.93 bits per heavy atom. The lowest BCUT2D eigenvalue weighted by molar-refractivity contribution is -0.271. The first kappa shape index (κ1) is 21.8. The molecule has 0 aliphatic carbocycles. The highest BCUT2D eigenvalue weighted by Crippen LogP contribution is 2.33. The molecule has 5 atom stereocenters. The van der Waals surface area contributed by atoms with Crippen molar-refractivity contribution in [1.82, 2.24) is 10.3 Å². The van der Waals surface area contributed by atoms with Gasteiger partial charge in [0.2, 0.25) is 12.2 Å². The minimum atomic E-state index is -1.82. The van der Waals surface area contributed by atoms with Crippen LogP contribution in [0.25, 0.3) is 10.9 Å². The molecule has 1 saturated heterocycles.